The van der Waals surface area contributed by atoms with Crippen LogP contribution in [0.3, 0.4) is 0 Å². The third-order valence-electron chi connectivity index (χ3n) is 6.50. The average molecular weight is 433 g/mol. The van der Waals surface area contributed by atoms with Gasteiger partial charge in [-0.1, -0.05) is 49.1 Å². The minimum atomic E-state index is -4.33. The van der Waals surface area contributed by atoms with Crippen molar-refractivity contribution in [2.45, 2.75) is 72.1 Å². The molecule has 5 heteroatoms. The zero-order chi connectivity index (χ0) is 22.6. The molecular weight excluding hydrogens is 397 g/mol. The van der Waals surface area contributed by atoms with Gasteiger partial charge in [0.05, 0.1) is 5.56 Å². The molecule has 2 N–H and O–H groups in total. The summed E-state index contributed by atoms with van der Waals surface area (Å²) < 4.78 is 39.6. The van der Waals surface area contributed by atoms with Gasteiger partial charge in [0.25, 0.3) is 0 Å². The Balaban J connectivity index is 1.66. The molecule has 3 rings (SSSR count). The molecule has 1 aliphatic rings. The molecule has 0 aliphatic heterocycles. The first-order valence-electron chi connectivity index (χ1n) is 11.4. The van der Waals surface area contributed by atoms with Crippen LogP contribution < -0.4 is 10.6 Å². The zero-order valence-electron chi connectivity index (χ0n) is 19.1. The van der Waals surface area contributed by atoms with E-state index in [0.29, 0.717) is 23.6 Å². The lowest BCUT2D eigenvalue weighted by atomic mass is 9.83. The fraction of sp³-hybridized carbons (Fsp3) is 0.538. The number of anilines is 1. The molecule has 0 aromatic heterocycles. The highest BCUT2D eigenvalue weighted by Gasteiger charge is 2.31. The van der Waals surface area contributed by atoms with E-state index in [9.17, 15) is 13.2 Å². The van der Waals surface area contributed by atoms with Gasteiger partial charge in [-0.05, 0) is 74.8 Å². The van der Waals surface area contributed by atoms with Crippen molar-refractivity contribution in [2.75, 3.05) is 11.9 Å². The van der Waals surface area contributed by atoms with Crippen LogP contribution in [-0.2, 0) is 12.7 Å². The Bertz CT molecular complexity index is 867. The summed E-state index contributed by atoms with van der Waals surface area (Å²) >= 11 is 0. The average Bonchev–Trinajstić information content (AvgIpc) is 2.71. The van der Waals surface area contributed by atoms with Crippen molar-refractivity contribution in [3.8, 4) is 0 Å². The normalized spacial score (nSPS) is 20.5. The van der Waals surface area contributed by atoms with Crippen molar-refractivity contribution in [3.05, 3.63) is 64.2 Å². The maximum Gasteiger partial charge on any atom is 0.416 e. The highest BCUT2D eigenvalue weighted by atomic mass is 19.4. The fourth-order valence-electron chi connectivity index (χ4n) is 4.44. The van der Waals surface area contributed by atoms with Crippen LogP contribution >= 0.6 is 0 Å². The maximum absolute atomic E-state index is 13.2. The van der Waals surface area contributed by atoms with Crippen LogP contribution in [0.25, 0.3) is 0 Å². The summed E-state index contributed by atoms with van der Waals surface area (Å²) in [4.78, 5) is 0. The Kier molecular flexibility index (Phi) is 7.68. The maximum atomic E-state index is 13.2. The lowest BCUT2D eigenvalue weighted by Gasteiger charge is -2.27. The second-order valence-corrected chi connectivity index (χ2v) is 9.40. The van der Waals surface area contributed by atoms with Crippen molar-refractivity contribution >= 4 is 5.69 Å². The van der Waals surface area contributed by atoms with Gasteiger partial charge in [-0.25, -0.2) is 0 Å². The summed E-state index contributed by atoms with van der Waals surface area (Å²) in [6, 6.07) is 10.5. The molecule has 0 heterocycles. The van der Waals surface area contributed by atoms with Crippen molar-refractivity contribution in [1.29, 1.82) is 0 Å². The smallest absolute Gasteiger partial charge is 0.385 e. The van der Waals surface area contributed by atoms with Gasteiger partial charge >= 0.3 is 6.18 Å². The molecule has 2 nitrogen and oxygen atoms in total. The molecule has 0 radical (unpaired) electrons. The van der Waals surface area contributed by atoms with Gasteiger partial charge in [-0.2, -0.15) is 13.2 Å². The van der Waals surface area contributed by atoms with Crippen molar-refractivity contribution in [3.63, 3.8) is 0 Å². The predicted molar refractivity (Wildman–Crippen MR) is 122 cm³/mol. The third kappa shape index (κ3) is 6.73. The molecule has 0 saturated heterocycles. The number of nitrogens with one attached hydrogen (secondary N) is 2. The number of aryl methyl sites for hydroxylation is 2. The second-order valence-electron chi connectivity index (χ2n) is 9.40. The minimum absolute atomic E-state index is 0.186. The second kappa shape index (κ2) is 10.1. The Morgan fingerprint density at radius 3 is 2.35 bits per heavy atom. The van der Waals surface area contributed by atoms with E-state index in [2.05, 4.69) is 42.7 Å². The summed E-state index contributed by atoms with van der Waals surface area (Å²) in [7, 11) is 0. The topological polar surface area (TPSA) is 24.1 Å². The highest BCUT2D eigenvalue weighted by Crippen LogP contribution is 2.32. The SMILES string of the molecule is Cc1cc([C@H](C)NCc2cc(C)ccc2NCC2CCC(C)CC2)cc(C(F)(F)F)c1. The number of benzene rings is 2. The Hall–Kier alpha value is -2.01. The molecule has 0 bridgehead atoms. The van der Waals surface area contributed by atoms with E-state index in [-0.39, 0.29) is 6.04 Å². The summed E-state index contributed by atoms with van der Waals surface area (Å²) in [6.07, 6.45) is 0.843. The lowest BCUT2D eigenvalue weighted by molar-refractivity contribution is -0.137. The molecule has 1 saturated carbocycles. The van der Waals surface area contributed by atoms with E-state index in [1.807, 2.05) is 13.0 Å². The molecule has 0 amide bonds. The van der Waals surface area contributed by atoms with Gasteiger partial charge < -0.3 is 10.6 Å². The van der Waals surface area contributed by atoms with Gasteiger partial charge in [-0.15, -0.1) is 0 Å². The van der Waals surface area contributed by atoms with E-state index in [1.54, 1.807) is 6.92 Å². The van der Waals surface area contributed by atoms with Crippen molar-refractivity contribution in [2.24, 2.45) is 11.8 Å². The zero-order valence-corrected chi connectivity index (χ0v) is 19.1. The predicted octanol–water partition coefficient (Wildman–Crippen LogP) is 7.41. The minimum Gasteiger partial charge on any atom is -0.385 e. The molecule has 2 aromatic rings. The number of alkyl halides is 3. The van der Waals surface area contributed by atoms with Gasteiger partial charge in [0, 0.05) is 24.8 Å². The van der Waals surface area contributed by atoms with Crippen molar-refractivity contribution < 1.29 is 13.2 Å². The van der Waals surface area contributed by atoms with E-state index < -0.39 is 11.7 Å². The summed E-state index contributed by atoms with van der Waals surface area (Å²) in [5, 5.41) is 7.06. The molecule has 1 atom stereocenters. The van der Waals surface area contributed by atoms with E-state index >= 15 is 0 Å². The van der Waals surface area contributed by atoms with E-state index in [4.69, 9.17) is 0 Å². The Morgan fingerprint density at radius 2 is 1.68 bits per heavy atom. The molecular formula is C26H35F3N2. The fourth-order valence-corrected chi connectivity index (χ4v) is 4.44. The van der Waals surface area contributed by atoms with Crippen LogP contribution in [0.5, 0.6) is 0 Å². The largest absolute Gasteiger partial charge is 0.416 e. The molecule has 2 aromatic carbocycles. The van der Waals surface area contributed by atoms with Crippen LogP contribution in [0.2, 0.25) is 0 Å². The number of hydrogen-bond donors (Lipinski definition) is 2. The molecule has 31 heavy (non-hydrogen) atoms. The number of halogens is 3. The molecule has 1 fully saturated rings. The first-order valence-corrected chi connectivity index (χ1v) is 11.4. The van der Waals surface area contributed by atoms with E-state index in [1.165, 1.54) is 43.4 Å². The lowest BCUT2D eigenvalue weighted by Crippen LogP contribution is -2.22. The number of hydrogen-bond acceptors (Lipinski definition) is 2. The van der Waals surface area contributed by atoms with Gasteiger partial charge in [0.1, 0.15) is 0 Å². The Morgan fingerprint density at radius 1 is 0.968 bits per heavy atom. The molecule has 1 aliphatic carbocycles. The highest BCUT2D eigenvalue weighted by molar-refractivity contribution is 5.52. The monoisotopic (exact) mass is 432 g/mol. The Labute approximate surface area is 184 Å². The third-order valence-corrected chi connectivity index (χ3v) is 6.50. The first-order chi connectivity index (χ1) is 14.6. The van der Waals surface area contributed by atoms with Crippen LogP contribution in [-0.4, -0.2) is 6.54 Å². The number of rotatable bonds is 7. The van der Waals surface area contributed by atoms with Gasteiger partial charge in [0.15, 0.2) is 0 Å². The van der Waals surface area contributed by atoms with E-state index in [0.717, 1.165) is 23.7 Å². The first kappa shape index (κ1) is 23.6. The van der Waals surface area contributed by atoms with Gasteiger partial charge in [0.2, 0.25) is 0 Å². The molecule has 0 spiro atoms. The van der Waals surface area contributed by atoms with Crippen LogP contribution in [0, 0.1) is 25.7 Å². The standard InChI is InChI=1S/C26H35F3N2/c1-17-5-8-21(9-6-17)15-31-25-10-7-18(2)11-23(25)16-30-20(4)22-12-19(3)13-24(14-22)26(27,28)29/h7,10-14,17,20-21,30-31H,5-6,8-9,15-16H2,1-4H3/t17?,20-,21?/m0/s1. The summed E-state index contributed by atoms with van der Waals surface area (Å²) in [6.45, 7) is 9.60. The van der Waals surface area contributed by atoms with Crippen molar-refractivity contribution in [1.82, 2.24) is 5.32 Å². The summed E-state index contributed by atoms with van der Waals surface area (Å²) in [5.41, 5.74) is 4.14. The van der Waals surface area contributed by atoms with Gasteiger partial charge in [-0.3, -0.25) is 0 Å². The molecule has 0 unspecified atom stereocenters. The quantitative estimate of drug-likeness (QED) is 0.476. The van der Waals surface area contributed by atoms with Crippen LogP contribution in [0.15, 0.2) is 36.4 Å². The summed E-state index contributed by atoms with van der Waals surface area (Å²) in [5.74, 6) is 1.56. The molecule has 170 valence electrons. The van der Waals surface area contributed by atoms with Crippen LogP contribution in [0.4, 0.5) is 18.9 Å². The van der Waals surface area contributed by atoms with Crippen LogP contribution in [0.1, 0.15) is 73.4 Å².